The van der Waals surface area contributed by atoms with Gasteiger partial charge in [0.2, 0.25) is 17.7 Å². The number of unbranched alkanes of at least 4 members (excludes halogenated alkanes) is 4. The lowest BCUT2D eigenvalue weighted by Gasteiger charge is -2.34. The van der Waals surface area contributed by atoms with Crippen LogP contribution in [-0.4, -0.2) is 70.0 Å². The molecule has 3 unspecified atom stereocenters. The molecule has 1 aromatic carbocycles. The SMILES string of the molecule is CCCCCNC(=O)C1N(CCCCCO)C(=O)[C@@H]2[C@@H](C(=O)Nc3ccccc3)[C@@H]3OC12CC3Br. The van der Waals surface area contributed by atoms with Gasteiger partial charge in [0.05, 0.1) is 17.9 Å². The minimum Gasteiger partial charge on any atom is -0.396 e. The summed E-state index contributed by atoms with van der Waals surface area (Å²) in [6, 6.07) is 8.41. The average Bonchev–Trinajstić information content (AvgIpc) is 3.43. The van der Waals surface area contributed by atoms with Crippen LogP contribution >= 0.6 is 15.9 Å². The normalized spacial score (nSPS) is 31.0. The van der Waals surface area contributed by atoms with Crippen LogP contribution in [0.3, 0.4) is 0 Å². The lowest BCUT2D eigenvalue weighted by Crippen LogP contribution is -2.56. The van der Waals surface area contributed by atoms with Gasteiger partial charge in [-0.15, -0.1) is 0 Å². The van der Waals surface area contributed by atoms with Gasteiger partial charge in [0, 0.05) is 30.2 Å². The fourth-order valence-electron chi connectivity index (χ4n) is 5.97. The second-order valence-electron chi connectivity index (χ2n) is 9.83. The van der Waals surface area contributed by atoms with Gasteiger partial charge in [-0.3, -0.25) is 14.4 Å². The number of fused-ring (bicyclic) bond motifs is 1. The molecule has 0 saturated carbocycles. The van der Waals surface area contributed by atoms with Gasteiger partial charge in [-0.25, -0.2) is 0 Å². The number of para-hydroxylation sites is 1. The predicted molar refractivity (Wildman–Crippen MR) is 136 cm³/mol. The standard InChI is InChI=1S/C26H36BrN3O5/c1-2-3-8-13-28-24(33)22-26-16-18(27)21(35-26)19(23(32)29-17-11-6-4-7-12-17)20(26)25(34)30(22)14-9-5-10-15-31/h4,6-7,11-12,18-22,31H,2-3,5,8-10,13-16H2,1H3,(H,28,33)(H,29,32)/t18?,19-,20+,21-,22?,26?/m1/s1. The quantitative estimate of drug-likeness (QED) is 0.274. The fourth-order valence-corrected chi connectivity index (χ4v) is 6.91. The van der Waals surface area contributed by atoms with Crippen LogP contribution in [0.2, 0.25) is 0 Å². The van der Waals surface area contributed by atoms with Crippen LogP contribution in [0.1, 0.15) is 51.9 Å². The predicted octanol–water partition coefficient (Wildman–Crippen LogP) is 2.84. The number of likely N-dealkylation sites (tertiary alicyclic amines) is 1. The molecule has 2 bridgehead atoms. The Kier molecular flexibility index (Phi) is 8.50. The third kappa shape index (κ3) is 5.00. The summed E-state index contributed by atoms with van der Waals surface area (Å²) in [5, 5.41) is 15.1. The number of aliphatic hydroxyl groups excluding tert-OH is 1. The largest absolute Gasteiger partial charge is 0.396 e. The molecular formula is C26H36BrN3O5. The van der Waals surface area contributed by atoms with E-state index in [-0.39, 0.29) is 29.2 Å². The average molecular weight is 550 g/mol. The molecule has 3 aliphatic heterocycles. The zero-order valence-electron chi connectivity index (χ0n) is 20.2. The van der Waals surface area contributed by atoms with Crippen LogP contribution in [-0.2, 0) is 19.1 Å². The van der Waals surface area contributed by atoms with Gasteiger partial charge < -0.3 is 25.4 Å². The monoisotopic (exact) mass is 549 g/mol. The van der Waals surface area contributed by atoms with E-state index in [0.29, 0.717) is 38.0 Å². The van der Waals surface area contributed by atoms with E-state index in [4.69, 9.17) is 9.84 Å². The first kappa shape index (κ1) is 26.1. The maximum Gasteiger partial charge on any atom is 0.245 e. The summed E-state index contributed by atoms with van der Waals surface area (Å²) in [6.07, 6.45) is 5.06. The Labute approximate surface area is 215 Å². The van der Waals surface area contributed by atoms with E-state index >= 15 is 0 Å². The van der Waals surface area contributed by atoms with Gasteiger partial charge in [-0.1, -0.05) is 53.9 Å². The number of aliphatic hydroxyl groups is 1. The van der Waals surface area contributed by atoms with E-state index in [1.807, 2.05) is 30.3 Å². The lowest BCUT2D eigenvalue weighted by molar-refractivity contribution is -0.141. The molecule has 0 aliphatic carbocycles. The smallest absolute Gasteiger partial charge is 0.245 e. The van der Waals surface area contributed by atoms with Gasteiger partial charge >= 0.3 is 0 Å². The first-order valence-corrected chi connectivity index (χ1v) is 13.7. The zero-order valence-corrected chi connectivity index (χ0v) is 21.8. The van der Waals surface area contributed by atoms with Crippen molar-refractivity contribution in [1.82, 2.24) is 10.2 Å². The van der Waals surface area contributed by atoms with Crippen molar-refractivity contribution in [3.8, 4) is 0 Å². The Bertz CT molecular complexity index is 916. The van der Waals surface area contributed by atoms with Crippen molar-refractivity contribution in [1.29, 1.82) is 0 Å². The van der Waals surface area contributed by atoms with Crippen LogP contribution in [0.5, 0.6) is 0 Å². The van der Waals surface area contributed by atoms with Crippen LogP contribution in [0.15, 0.2) is 30.3 Å². The number of carbonyl (C=O) groups excluding carboxylic acids is 3. The van der Waals surface area contributed by atoms with E-state index in [0.717, 1.165) is 25.7 Å². The molecule has 3 fully saturated rings. The summed E-state index contributed by atoms with van der Waals surface area (Å²) in [4.78, 5) is 42.3. The van der Waals surface area contributed by atoms with E-state index < -0.39 is 29.6 Å². The highest BCUT2D eigenvalue weighted by molar-refractivity contribution is 9.09. The molecule has 35 heavy (non-hydrogen) atoms. The lowest BCUT2D eigenvalue weighted by atomic mass is 9.70. The number of halogens is 1. The number of nitrogens with one attached hydrogen (secondary N) is 2. The summed E-state index contributed by atoms with van der Waals surface area (Å²) in [5.74, 6) is -2.02. The Morgan fingerprint density at radius 1 is 1.14 bits per heavy atom. The van der Waals surface area contributed by atoms with Crippen molar-refractivity contribution in [2.45, 2.75) is 74.4 Å². The molecule has 8 nitrogen and oxygen atoms in total. The molecule has 192 valence electrons. The molecule has 1 aromatic rings. The van der Waals surface area contributed by atoms with Crippen molar-refractivity contribution < 1.29 is 24.2 Å². The molecule has 1 spiro atoms. The van der Waals surface area contributed by atoms with E-state index in [2.05, 4.69) is 33.5 Å². The van der Waals surface area contributed by atoms with Gasteiger partial charge in [-0.2, -0.15) is 0 Å². The molecule has 3 saturated heterocycles. The van der Waals surface area contributed by atoms with E-state index in [9.17, 15) is 14.4 Å². The number of carbonyl (C=O) groups is 3. The molecular weight excluding hydrogens is 514 g/mol. The van der Waals surface area contributed by atoms with Crippen LogP contribution in [0.4, 0.5) is 5.69 Å². The first-order chi connectivity index (χ1) is 16.9. The number of nitrogens with zero attached hydrogens (tertiary/aromatic N) is 1. The molecule has 3 amide bonds. The number of amides is 3. The van der Waals surface area contributed by atoms with Gasteiger partial charge in [-0.05, 0) is 44.2 Å². The maximum absolute atomic E-state index is 13.8. The van der Waals surface area contributed by atoms with Crippen molar-refractivity contribution in [2.75, 3.05) is 25.0 Å². The number of alkyl halides is 1. The number of rotatable bonds is 12. The maximum atomic E-state index is 13.8. The van der Waals surface area contributed by atoms with Crippen LogP contribution < -0.4 is 10.6 Å². The Morgan fingerprint density at radius 3 is 2.63 bits per heavy atom. The van der Waals surface area contributed by atoms with E-state index in [1.165, 1.54) is 0 Å². The summed E-state index contributed by atoms with van der Waals surface area (Å²) < 4.78 is 6.49. The summed E-state index contributed by atoms with van der Waals surface area (Å²) >= 11 is 3.69. The fraction of sp³-hybridized carbons (Fsp3) is 0.654. The molecule has 4 rings (SSSR count). The van der Waals surface area contributed by atoms with Crippen LogP contribution in [0, 0.1) is 11.8 Å². The van der Waals surface area contributed by atoms with E-state index in [1.54, 1.807) is 4.90 Å². The highest BCUT2D eigenvalue weighted by Gasteiger charge is 2.76. The van der Waals surface area contributed by atoms with Crippen molar-refractivity contribution in [3.05, 3.63) is 30.3 Å². The minimum atomic E-state index is -1.03. The highest BCUT2D eigenvalue weighted by atomic mass is 79.9. The molecule has 0 radical (unpaired) electrons. The Morgan fingerprint density at radius 2 is 1.91 bits per heavy atom. The van der Waals surface area contributed by atoms with Gasteiger partial charge in [0.1, 0.15) is 11.6 Å². The zero-order chi connectivity index (χ0) is 25.0. The van der Waals surface area contributed by atoms with Crippen molar-refractivity contribution in [2.24, 2.45) is 11.8 Å². The van der Waals surface area contributed by atoms with Gasteiger partial charge in [0.15, 0.2) is 0 Å². The molecule has 3 aliphatic rings. The number of hydrogen-bond acceptors (Lipinski definition) is 5. The number of benzene rings is 1. The van der Waals surface area contributed by atoms with Crippen molar-refractivity contribution in [3.63, 3.8) is 0 Å². The Balaban J connectivity index is 1.60. The minimum absolute atomic E-state index is 0.0969. The third-order valence-electron chi connectivity index (χ3n) is 7.52. The summed E-state index contributed by atoms with van der Waals surface area (Å²) in [5.41, 5.74) is -0.363. The number of ether oxygens (including phenoxy) is 1. The second-order valence-corrected chi connectivity index (χ2v) is 11.0. The first-order valence-electron chi connectivity index (χ1n) is 12.8. The van der Waals surface area contributed by atoms with Crippen LogP contribution in [0.25, 0.3) is 0 Å². The van der Waals surface area contributed by atoms with Gasteiger partial charge in [0.25, 0.3) is 0 Å². The summed E-state index contributed by atoms with van der Waals surface area (Å²) in [7, 11) is 0. The van der Waals surface area contributed by atoms with Crippen molar-refractivity contribution >= 4 is 39.3 Å². The molecule has 3 N–H and O–H groups in total. The topological polar surface area (TPSA) is 108 Å². The molecule has 6 atom stereocenters. The number of hydrogen-bond donors (Lipinski definition) is 3. The summed E-state index contributed by atoms with van der Waals surface area (Å²) in [6.45, 7) is 3.16. The highest BCUT2D eigenvalue weighted by Crippen LogP contribution is 2.60. The third-order valence-corrected chi connectivity index (χ3v) is 8.36. The molecule has 3 heterocycles. The molecule has 0 aromatic heterocycles. The second kappa shape index (κ2) is 11.4. The Hall–Kier alpha value is -1.97. The molecule has 9 heteroatoms. The number of anilines is 1.